The van der Waals surface area contributed by atoms with Crippen molar-refractivity contribution in [3.63, 3.8) is 0 Å². The molecule has 5 heteroatoms. The van der Waals surface area contributed by atoms with Crippen molar-refractivity contribution in [2.45, 2.75) is 19.4 Å². The highest BCUT2D eigenvalue weighted by Crippen LogP contribution is 2.17. The Bertz CT molecular complexity index is 441. The molecule has 2 heterocycles. The van der Waals surface area contributed by atoms with Crippen LogP contribution < -0.4 is 5.32 Å². The van der Waals surface area contributed by atoms with Crippen molar-refractivity contribution in [1.29, 1.82) is 0 Å². The highest BCUT2D eigenvalue weighted by Gasteiger charge is 2.11. The molecule has 2 aromatic heterocycles. The molecule has 2 N–H and O–H groups in total. The largest absolute Gasteiger partial charge is 0.360 e. The molecule has 0 aliphatic rings. The van der Waals surface area contributed by atoms with Crippen LogP contribution in [0.4, 0.5) is 10.2 Å². The van der Waals surface area contributed by atoms with Crippen LogP contribution in [0.1, 0.15) is 25.2 Å². The van der Waals surface area contributed by atoms with Crippen LogP contribution in [-0.4, -0.2) is 15.0 Å². The monoisotopic (exact) mass is 220 g/mol. The molecular weight excluding hydrogens is 207 g/mol. The summed E-state index contributed by atoms with van der Waals surface area (Å²) in [5.74, 6) is 0.858. The van der Waals surface area contributed by atoms with Crippen LogP contribution in [0.15, 0.2) is 30.6 Å². The summed E-state index contributed by atoms with van der Waals surface area (Å²) in [4.78, 5) is 10.9. The van der Waals surface area contributed by atoms with Crippen molar-refractivity contribution >= 4 is 5.82 Å². The summed E-state index contributed by atoms with van der Waals surface area (Å²) in [6.45, 7) is 2.03. The Labute approximate surface area is 92.9 Å². The van der Waals surface area contributed by atoms with Gasteiger partial charge in [-0.2, -0.15) is 4.39 Å². The minimum Gasteiger partial charge on any atom is -0.360 e. The Morgan fingerprint density at radius 1 is 1.50 bits per heavy atom. The van der Waals surface area contributed by atoms with Gasteiger partial charge in [0, 0.05) is 12.4 Å². The normalized spacial score (nSPS) is 12.4. The first-order valence-corrected chi connectivity index (χ1v) is 5.18. The first-order chi connectivity index (χ1) is 7.79. The molecule has 0 saturated heterocycles. The molecule has 0 bridgehead atoms. The standard InChI is InChI=1S/C11H13FN4/c1-2-8(11-13-6-7-14-11)15-10-5-3-4-9(12)16-10/h3-8H,2H2,1H3,(H,13,14)(H,15,16). The summed E-state index contributed by atoms with van der Waals surface area (Å²) in [6.07, 6.45) is 4.29. The van der Waals surface area contributed by atoms with Gasteiger partial charge in [0.2, 0.25) is 5.95 Å². The highest BCUT2D eigenvalue weighted by atomic mass is 19.1. The number of hydrogen-bond acceptors (Lipinski definition) is 3. The number of aromatic nitrogens is 3. The molecule has 0 fully saturated rings. The predicted octanol–water partition coefficient (Wildman–Crippen LogP) is 2.51. The lowest BCUT2D eigenvalue weighted by Gasteiger charge is -2.14. The molecule has 4 nitrogen and oxygen atoms in total. The van der Waals surface area contributed by atoms with Crippen molar-refractivity contribution < 1.29 is 4.39 Å². The molecule has 0 amide bonds. The molecule has 0 aromatic carbocycles. The Kier molecular flexibility index (Phi) is 3.14. The first kappa shape index (κ1) is 10.6. The first-order valence-electron chi connectivity index (χ1n) is 5.18. The van der Waals surface area contributed by atoms with Gasteiger partial charge in [-0.25, -0.2) is 9.97 Å². The van der Waals surface area contributed by atoms with Gasteiger partial charge >= 0.3 is 0 Å². The predicted molar refractivity (Wildman–Crippen MR) is 59.4 cm³/mol. The molecule has 1 atom stereocenters. The molecule has 84 valence electrons. The Morgan fingerprint density at radius 2 is 2.38 bits per heavy atom. The maximum absolute atomic E-state index is 12.9. The lowest BCUT2D eigenvalue weighted by atomic mass is 10.2. The van der Waals surface area contributed by atoms with Gasteiger partial charge in [-0.3, -0.25) is 0 Å². The third-order valence-electron chi connectivity index (χ3n) is 2.29. The summed E-state index contributed by atoms with van der Waals surface area (Å²) < 4.78 is 12.9. The van der Waals surface area contributed by atoms with Crippen LogP contribution in [0, 0.1) is 5.95 Å². The van der Waals surface area contributed by atoms with E-state index in [1.54, 1.807) is 24.5 Å². The fraction of sp³-hybridized carbons (Fsp3) is 0.273. The van der Waals surface area contributed by atoms with Crippen molar-refractivity contribution in [2.24, 2.45) is 0 Å². The fourth-order valence-electron chi connectivity index (χ4n) is 1.50. The van der Waals surface area contributed by atoms with Crippen LogP contribution in [0.5, 0.6) is 0 Å². The van der Waals surface area contributed by atoms with E-state index in [1.165, 1.54) is 6.07 Å². The zero-order chi connectivity index (χ0) is 11.4. The number of hydrogen-bond donors (Lipinski definition) is 2. The number of rotatable bonds is 4. The Morgan fingerprint density at radius 3 is 3.00 bits per heavy atom. The maximum atomic E-state index is 12.9. The molecule has 0 spiro atoms. The zero-order valence-corrected chi connectivity index (χ0v) is 8.94. The van der Waals surface area contributed by atoms with Gasteiger partial charge < -0.3 is 10.3 Å². The van der Waals surface area contributed by atoms with Crippen molar-refractivity contribution in [1.82, 2.24) is 15.0 Å². The number of anilines is 1. The number of H-pyrrole nitrogens is 1. The van der Waals surface area contributed by atoms with Gasteiger partial charge in [0.1, 0.15) is 11.6 Å². The van der Waals surface area contributed by atoms with E-state index >= 15 is 0 Å². The molecule has 0 aliphatic heterocycles. The molecule has 16 heavy (non-hydrogen) atoms. The molecule has 1 unspecified atom stereocenters. The summed E-state index contributed by atoms with van der Waals surface area (Å²) in [7, 11) is 0. The number of nitrogens with zero attached hydrogens (tertiary/aromatic N) is 2. The van der Waals surface area contributed by atoms with E-state index in [1.807, 2.05) is 6.92 Å². The van der Waals surface area contributed by atoms with Crippen LogP contribution >= 0.6 is 0 Å². The van der Waals surface area contributed by atoms with Crippen LogP contribution in [0.3, 0.4) is 0 Å². The van der Waals surface area contributed by atoms with Crippen molar-refractivity contribution in [3.05, 3.63) is 42.4 Å². The summed E-state index contributed by atoms with van der Waals surface area (Å²) in [6, 6.07) is 4.69. The molecule has 0 radical (unpaired) electrons. The van der Waals surface area contributed by atoms with E-state index in [-0.39, 0.29) is 6.04 Å². The summed E-state index contributed by atoms with van der Waals surface area (Å²) in [5.41, 5.74) is 0. The van der Waals surface area contributed by atoms with E-state index in [0.29, 0.717) is 5.82 Å². The molecule has 0 saturated carbocycles. The van der Waals surface area contributed by atoms with E-state index in [0.717, 1.165) is 12.2 Å². The van der Waals surface area contributed by atoms with E-state index in [9.17, 15) is 4.39 Å². The van der Waals surface area contributed by atoms with Gasteiger partial charge in [-0.1, -0.05) is 13.0 Å². The minimum absolute atomic E-state index is 0.0179. The number of halogens is 1. The fourth-order valence-corrected chi connectivity index (χ4v) is 1.50. The summed E-state index contributed by atoms with van der Waals surface area (Å²) >= 11 is 0. The highest BCUT2D eigenvalue weighted by molar-refractivity contribution is 5.35. The average molecular weight is 220 g/mol. The van der Waals surface area contributed by atoms with Crippen molar-refractivity contribution in [2.75, 3.05) is 5.32 Å². The topological polar surface area (TPSA) is 53.6 Å². The zero-order valence-electron chi connectivity index (χ0n) is 8.94. The smallest absolute Gasteiger partial charge is 0.214 e. The van der Waals surface area contributed by atoms with E-state index < -0.39 is 5.95 Å². The van der Waals surface area contributed by atoms with Crippen LogP contribution in [0.2, 0.25) is 0 Å². The molecular formula is C11H13FN4. The van der Waals surface area contributed by atoms with Gasteiger partial charge in [-0.05, 0) is 18.6 Å². The van der Waals surface area contributed by atoms with Crippen LogP contribution in [0.25, 0.3) is 0 Å². The summed E-state index contributed by atoms with van der Waals surface area (Å²) in [5, 5.41) is 3.13. The quantitative estimate of drug-likeness (QED) is 0.778. The molecule has 2 rings (SSSR count). The SMILES string of the molecule is CCC(Nc1cccc(F)n1)c1ncc[nH]1. The van der Waals surface area contributed by atoms with Crippen molar-refractivity contribution in [3.8, 4) is 0 Å². The van der Waals surface area contributed by atoms with Gasteiger partial charge in [0.15, 0.2) is 0 Å². The maximum Gasteiger partial charge on any atom is 0.214 e. The van der Waals surface area contributed by atoms with Crippen LogP contribution in [-0.2, 0) is 0 Å². The second-order valence-corrected chi connectivity index (χ2v) is 3.43. The van der Waals surface area contributed by atoms with Gasteiger partial charge in [0.05, 0.1) is 6.04 Å². The third-order valence-corrected chi connectivity index (χ3v) is 2.29. The Balaban J connectivity index is 2.13. The lowest BCUT2D eigenvalue weighted by Crippen LogP contribution is -2.12. The third kappa shape index (κ3) is 2.36. The lowest BCUT2D eigenvalue weighted by molar-refractivity contribution is 0.582. The molecule has 0 aliphatic carbocycles. The number of imidazole rings is 1. The van der Waals surface area contributed by atoms with Gasteiger partial charge in [0.25, 0.3) is 0 Å². The van der Waals surface area contributed by atoms with E-state index in [4.69, 9.17) is 0 Å². The second kappa shape index (κ2) is 4.74. The average Bonchev–Trinajstić information content (AvgIpc) is 2.79. The minimum atomic E-state index is -0.487. The number of pyridine rings is 1. The van der Waals surface area contributed by atoms with E-state index in [2.05, 4.69) is 20.3 Å². The second-order valence-electron chi connectivity index (χ2n) is 3.43. The molecule has 2 aromatic rings. The number of nitrogens with one attached hydrogen (secondary N) is 2. The van der Waals surface area contributed by atoms with Gasteiger partial charge in [-0.15, -0.1) is 0 Å². The number of aromatic amines is 1. The Hall–Kier alpha value is -1.91.